The highest BCUT2D eigenvalue weighted by Gasteiger charge is 2.32. The van der Waals surface area contributed by atoms with Gasteiger partial charge in [-0.05, 0) is 50.0 Å². The number of likely N-dealkylation sites (tertiary alicyclic amines) is 1. The monoisotopic (exact) mass is 246 g/mol. The molecule has 1 aliphatic rings. The molecule has 1 fully saturated rings. The Morgan fingerprint density at radius 3 is 2.50 bits per heavy atom. The molecular formula is C15H22N2O. The van der Waals surface area contributed by atoms with Crippen molar-refractivity contribution in [2.24, 2.45) is 0 Å². The number of para-hydroxylation sites is 1. The third kappa shape index (κ3) is 2.72. The molecule has 1 heterocycles. The average Bonchev–Trinajstić information content (AvgIpc) is 2.33. The van der Waals surface area contributed by atoms with Crippen LogP contribution in [-0.2, 0) is 10.2 Å². The maximum Gasteiger partial charge on any atom is 0.221 e. The van der Waals surface area contributed by atoms with Crippen molar-refractivity contribution >= 4 is 11.6 Å². The minimum Gasteiger partial charge on any atom is -0.326 e. The first-order valence-corrected chi connectivity index (χ1v) is 6.57. The van der Waals surface area contributed by atoms with Gasteiger partial charge in [-0.15, -0.1) is 0 Å². The van der Waals surface area contributed by atoms with Crippen molar-refractivity contribution in [2.45, 2.75) is 32.1 Å². The van der Waals surface area contributed by atoms with Crippen LogP contribution < -0.4 is 5.32 Å². The lowest BCUT2D eigenvalue weighted by molar-refractivity contribution is -0.114. The fourth-order valence-electron chi connectivity index (χ4n) is 2.69. The van der Waals surface area contributed by atoms with Gasteiger partial charge in [0.2, 0.25) is 5.91 Å². The predicted octanol–water partition coefficient (Wildman–Crippen LogP) is 2.63. The summed E-state index contributed by atoms with van der Waals surface area (Å²) in [6.45, 7) is 6.10. The minimum atomic E-state index is -0.000947. The lowest BCUT2D eigenvalue weighted by Gasteiger charge is -2.39. The summed E-state index contributed by atoms with van der Waals surface area (Å²) in [4.78, 5) is 13.6. The van der Waals surface area contributed by atoms with Gasteiger partial charge in [0, 0.05) is 12.6 Å². The molecule has 1 aromatic rings. The topological polar surface area (TPSA) is 32.3 Å². The van der Waals surface area contributed by atoms with Crippen LogP contribution >= 0.6 is 0 Å². The van der Waals surface area contributed by atoms with Crippen LogP contribution in [-0.4, -0.2) is 30.9 Å². The van der Waals surface area contributed by atoms with Gasteiger partial charge in [-0.1, -0.05) is 25.1 Å². The van der Waals surface area contributed by atoms with Crippen LogP contribution in [0.4, 0.5) is 5.69 Å². The zero-order chi connectivity index (χ0) is 13.2. The average molecular weight is 246 g/mol. The summed E-state index contributed by atoms with van der Waals surface area (Å²) in [5.41, 5.74) is 2.41. The number of benzene rings is 1. The summed E-state index contributed by atoms with van der Waals surface area (Å²) in [6, 6.07) is 8.19. The van der Waals surface area contributed by atoms with E-state index in [0.29, 0.717) is 0 Å². The molecule has 3 nitrogen and oxygen atoms in total. The van der Waals surface area contributed by atoms with Crippen LogP contribution in [0.3, 0.4) is 0 Å². The van der Waals surface area contributed by atoms with Gasteiger partial charge in [-0.2, -0.15) is 0 Å². The van der Waals surface area contributed by atoms with Gasteiger partial charge in [-0.25, -0.2) is 0 Å². The SMILES string of the molecule is CC(=O)Nc1ccccc1C1(C)CCN(C)CC1. The maximum absolute atomic E-state index is 11.3. The summed E-state index contributed by atoms with van der Waals surface area (Å²) in [5, 5.41) is 2.95. The molecule has 1 saturated heterocycles. The van der Waals surface area contributed by atoms with E-state index in [9.17, 15) is 4.79 Å². The summed E-state index contributed by atoms with van der Waals surface area (Å²) in [5.74, 6) is -0.000947. The van der Waals surface area contributed by atoms with E-state index in [1.165, 1.54) is 5.56 Å². The zero-order valence-corrected chi connectivity index (χ0v) is 11.5. The van der Waals surface area contributed by atoms with Crippen LogP contribution in [0.25, 0.3) is 0 Å². The van der Waals surface area contributed by atoms with E-state index in [1.807, 2.05) is 12.1 Å². The van der Waals surface area contributed by atoms with Crippen LogP contribution in [0.2, 0.25) is 0 Å². The van der Waals surface area contributed by atoms with Gasteiger partial charge in [0.15, 0.2) is 0 Å². The highest BCUT2D eigenvalue weighted by atomic mass is 16.1. The van der Waals surface area contributed by atoms with Crippen molar-refractivity contribution < 1.29 is 4.79 Å². The molecule has 1 N–H and O–H groups in total. The number of rotatable bonds is 2. The smallest absolute Gasteiger partial charge is 0.221 e. The molecule has 0 aromatic heterocycles. The molecule has 0 spiro atoms. The first kappa shape index (κ1) is 13.1. The Labute approximate surface area is 109 Å². The van der Waals surface area contributed by atoms with Gasteiger partial charge >= 0.3 is 0 Å². The lowest BCUT2D eigenvalue weighted by Crippen LogP contribution is -2.39. The second kappa shape index (κ2) is 5.11. The molecular weight excluding hydrogens is 224 g/mol. The van der Waals surface area contributed by atoms with Gasteiger partial charge in [-0.3, -0.25) is 4.79 Å². The van der Waals surface area contributed by atoms with Crippen molar-refractivity contribution in [3.8, 4) is 0 Å². The van der Waals surface area contributed by atoms with Crippen LogP contribution in [0.15, 0.2) is 24.3 Å². The molecule has 1 amide bonds. The first-order chi connectivity index (χ1) is 8.51. The van der Waals surface area contributed by atoms with E-state index in [0.717, 1.165) is 31.6 Å². The Kier molecular flexibility index (Phi) is 3.71. The summed E-state index contributed by atoms with van der Waals surface area (Å²) in [7, 11) is 2.17. The van der Waals surface area contributed by atoms with Crippen molar-refractivity contribution in [3.63, 3.8) is 0 Å². The van der Waals surface area contributed by atoms with E-state index in [1.54, 1.807) is 6.92 Å². The Bertz CT molecular complexity index is 434. The number of anilines is 1. The highest BCUT2D eigenvalue weighted by Crippen LogP contribution is 2.38. The molecule has 98 valence electrons. The van der Waals surface area contributed by atoms with E-state index in [-0.39, 0.29) is 11.3 Å². The van der Waals surface area contributed by atoms with Crippen LogP contribution in [0.5, 0.6) is 0 Å². The quantitative estimate of drug-likeness (QED) is 0.870. The van der Waals surface area contributed by atoms with E-state index in [2.05, 4.69) is 36.3 Å². The van der Waals surface area contributed by atoms with Gasteiger partial charge in [0.1, 0.15) is 0 Å². The number of carbonyl (C=O) groups excluding carboxylic acids is 1. The molecule has 0 bridgehead atoms. The lowest BCUT2D eigenvalue weighted by atomic mass is 9.74. The summed E-state index contributed by atoms with van der Waals surface area (Å²) >= 11 is 0. The molecule has 2 rings (SSSR count). The zero-order valence-electron chi connectivity index (χ0n) is 11.5. The molecule has 18 heavy (non-hydrogen) atoms. The van der Waals surface area contributed by atoms with Crippen LogP contribution in [0.1, 0.15) is 32.3 Å². The fraction of sp³-hybridized carbons (Fsp3) is 0.533. The Morgan fingerprint density at radius 1 is 1.28 bits per heavy atom. The largest absolute Gasteiger partial charge is 0.326 e. The van der Waals surface area contributed by atoms with E-state index in [4.69, 9.17) is 0 Å². The number of amides is 1. The number of hydrogen-bond donors (Lipinski definition) is 1. The molecule has 0 atom stereocenters. The Hall–Kier alpha value is -1.35. The molecule has 3 heteroatoms. The van der Waals surface area contributed by atoms with Crippen molar-refractivity contribution in [2.75, 3.05) is 25.5 Å². The number of piperidine rings is 1. The van der Waals surface area contributed by atoms with Crippen LogP contribution in [0, 0.1) is 0 Å². The van der Waals surface area contributed by atoms with Gasteiger partial charge < -0.3 is 10.2 Å². The number of nitrogens with zero attached hydrogens (tertiary/aromatic N) is 1. The van der Waals surface area contributed by atoms with Gasteiger partial charge in [0.05, 0.1) is 0 Å². The van der Waals surface area contributed by atoms with Crippen molar-refractivity contribution in [3.05, 3.63) is 29.8 Å². The summed E-state index contributed by atoms with van der Waals surface area (Å²) in [6.07, 6.45) is 2.28. The molecule has 0 unspecified atom stereocenters. The third-order valence-corrected chi connectivity index (χ3v) is 3.98. The Balaban J connectivity index is 2.29. The number of nitrogens with one attached hydrogen (secondary N) is 1. The molecule has 0 saturated carbocycles. The van der Waals surface area contributed by atoms with E-state index < -0.39 is 0 Å². The highest BCUT2D eigenvalue weighted by molar-refractivity contribution is 5.89. The van der Waals surface area contributed by atoms with Crippen molar-refractivity contribution in [1.29, 1.82) is 0 Å². The predicted molar refractivity (Wildman–Crippen MR) is 74.8 cm³/mol. The van der Waals surface area contributed by atoms with Gasteiger partial charge in [0.25, 0.3) is 0 Å². The first-order valence-electron chi connectivity index (χ1n) is 6.57. The fourth-order valence-corrected chi connectivity index (χ4v) is 2.69. The molecule has 0 radical (unpaired) electrons. The molecule has 1 aromatic carbocycles. The second-order valence-electron chi connectivity index (χ2n) is 5.59. The number of carbonyl (C=O) groups is 1. The maximum atomic E-state index is 11.3. The molecule has 0 aliphatic carbocycles. The normalized spacial score (nSPS) is 19.5. The molecule has 1 aliphatic heterocycles. The summed E-state index contributed by atoms with van der Waals surface area (Å²) < 4.78 is 0. The minimum absolute atomic E-state index is 0.000947. The second-order valence-corrected chi connectivity index (χ2v) is 5.59. The standard InChI is InChI=1S/C15H22N2O/c1-12(18)16-14-7-5-4-6-13(14)15(2)8-10-17(3)11-9-15/h4-7H,8-11H2,1-3H3,(H,16,18). The van der Waals surface area contributed by atoms with E-state index >= 15 is 0 Å². The number of hydrogen-bond acceptors (Lipinski definition) is 2. The Morgan fingerprint density at radius 2 is 1.89 bits per heavy atom. The third-order valence-electron chi connectivity index (χ3n) is 3.98. The van der Waals surface area contributed by atoms with Crippen molar-refractivity contribution in [1.82, 2.24) is 4.90 Å².